The van der Waals surface area contributed by atoms with E-state index in [9.17, 15) is 4.79 Å². The summed E-state index contributed by atoms with van der Waals surface area (Å²) in [6, 6.07) is -0.241. The fraction of sp³-hybridized carbons (Fsp3) is 0.600. The third-order valence-corrected chi connectivity index (χ3v) is 3.08. The zero-order chi connectivity index (χ0) is 11.7. The van der Waals surface area contributed by atoms with Crippen molar-refractivity contribution in [3.05, 3.63) is 16.9 Å². The van der Waals surface area contributed by atoms with E-state index in [0.29, 0.717) is 17.6 Å². The van der Waals surface area contributed by atoms with Crippen molar-refractivity contribution in [1.29, 1.82) is 0 Å². The van der Waals surface area contributed by atoms with Crippen molar-refractivity contribution in [2.75, 3.05) is 0 Å². The van der Waals surface area contributed by atoms with Crippen LogP contribution >= 0.6 is 11.6 Å². The molecule has 88 valence electrons. The first kappa shape index (κ1) is 11.4. The Morgan fingerprint density at radius 1 is 1.81 bits per heavy atom. The fourth-order valence-corrected chi connectivity index (χ4v) is 1.66. The molecule has 1 aliphatic rings. The molecule has 1 heterocycles. The van der Waals surface area contributed by atoms with Crippen LogP contribution in [0.25, 0.3) is 0 Å². The molecule has 1 saturated carbocycles. The van der Waals surface area contributed by atoms with E-state index >= 15 is 0 Å². The molecule has 0 spiro atoms. The fourth-order valence-electron chi connectivity index (χ4n) is 1.52. The topological polar surface area (TPSA) is 67.2 Å². The number of rotatable bonds is 5. The number of aliphatic carboxylic acids is 1. The number of aromatic nitrogens is 2. The molecule has 1 aliphatic carbocycles. The number of halogens is 1. The van der Waals surface area contributed by atoms with E-state index in [1.807, 2.05) is 6.92 Å². The molecule has 1 atom stereocenters. The molecule has 1 aromatic rings. The second-order valence-electron chi connectivity index (χ2n) is 4.09. The lowest BCUT2D eigenvalue weighted by Gasteiger charge is -2.14. The van der Waals surface area contributed by atoms with Crippen LogP contribution in [0.2, 0.25) is 5.02 Å². The van der Waals surface area contributed by atoms with Crippen LogP contribution in [0.4, 0.5) is 0 Å². The maximum Gasteiger partial charge on any atom is 0.322 e. The minimum atomic E-state index is -0.849. The summed E-state index contributed by atoms with van der Waals surface area (Å²) >= 11 is 5.86. The van der Waals surface area contributed by atoms with Crippen molar-refractivity contribution in [3.63, 3.8) is 0 Å². The maximum atomic E-state index is 11.0. The summed E-state index contributed by atoms with van der Waals surface area (Å²) in [7, 11) is 0. The molecule has 0 aromatic carbocycles. The van der Waals surface area contributed by atoms with Crippen LogP contribution in [-0.2, 0) is 11.3 Å². The summed E-state index contributed by atoms with van der Waals surface area (Å²) in [4.78, 5) is 11.0. The molecule has 5 nitrogen and oxygen atoms in total. The second kappa shape index (κ2) is 4.43. The SMILES string of the molecule is Cc1c(Cl)cnn1CC(NC1CC1)C(=O)O. The van der Waals surface area contributed by atoms with E-state index in [1.165, 1.54) is 6.20 Å². The Labute approximate surface area is 98.4 Å². The summed E-state index contributed by atoms with van der Waals surface area (Å²) in [5, 5.41) is 16.8. The highest BCUT2D eigenvalue weighted by Gasteiger charge is 2.28. The highest BCUT2D eigenvalue weighted by Crippen LogP contribution is 2.20. The van der Waals surface area contributed by atoms with E-state index in [-0.39, 0.29) is 0 Å². The van der Waals surface area contributed by atoms with Gasteiger partial charge in [0, 0.05) is 6.04 Å². The van der Waals surface area contributed by atoms with Crippen molar-refractivity contribution in [3.8, 4) is 0 Å². The summed E-state index contributed by atoms with van der Waals surface area (Å²) in [5.41, 5.74) is 0.797. The van der Waals surface area contributed by atoms with E-state index in [4.69, 9.17) is 16.7 Å². The molecular weight excluding hydrogens is 230 g/mol. The second-order valence-corrected chi connectivity index (χ2v) is 4.50. The minimum Gasteiger partial charge on any atom is -0.480 e. The summed E-state index contributed by atoms with van der Waals surface area (Å²) < 4.78 is 1.62. The van der Waals surface area contributed by atoms with Gasteiger partial charge in [-0.3, -0.25) is 9.48 Å². The van der Waals surface area contributed by atoms with Gasteiger partial charge in [0.15, 0.2) is 0 Å². The Kier molecular flexibility index (Phi) is 3.16. The summed E-state index contributed by atoms with van der Waals surface area (Å²) in [6.45, 7) is 2.13. The zero-order valence-electron chi connectivity index (χ0n) is 8.98. The Bertz CT molecular complexity index is 401. The highest BCUT2D eigenvalue weighted by atomic mass is 35.5. The normalized spacial score (nSPS) is 17.4. The van der Waals surface area contributed by atoms with Crippen LogP contribution in [0, 0.1) is 6.92 Å². The molecular formula is C10H14ClN3O2. The molecule has 6 heteroatoms. The highest BCUT2D eigenvalue weighted by molar-refractivity contribution is 6.31. The van der Waals surface area contributed by atoms with Crippen molar-refractivity contribution < 1.29 is 9.90 Å². The monoisotopic (exact) mass is 243 g/mol. The van der Waals surface area contributed by atoms with Crippen LogP contribution < -0.4 is 5.32 Å². The van der Waals surface area contributed by atoms with Gasteiger partial charge < -0.3 is 10.4 Å². The molecule has 2 N–H and O–H groups in total. The lowest BCUT2D eigenvalue weighted by atomic mass is 10.3. The lowest BCUT2D eigenvalue weighted by molar-refractivity contribution is -0.140. The molecule has 1 unspecified atom stereocenters. The molecule has 1 fully saturated rings. The third-order valence-electron chi connectivity index (χ3n) is 2.71. The molecule has 2 rings (SSSR count). The Balaban J connectivity index is 2.04. The van der Waals surface area contributed by atoms with Crippen molar-refractivity contribution >= 4 is 17.6 Å². The number of hydrogen-bond donors (Lipinski definition) is 2. The van der Waals surface area contributed by atoms with Crippen molar-refractivity contribution in [2.45, 2.75) is 38.4 Å². The number of nitrogens with one attached hydrogen (secondary N) is 1. The molecule has 1 aromatic heterocycles. The molecule has 16 heavy (non-hydrogen) atoms. The summed E-state index contributed by atoms with van der Waals surface area (Å²) in [6.07, 6.45) is 3.65. The number of carboxylic acids is 1. The van der Waals surface area contributed by atoms with Gasteiger partial charge in [-0.15, -0.1) is 0 Å². The minimum absolute atomic E-state index is 0.310. The van der Waals surface area contributed by atoms with Gasteiger partial charge in [-0.25, -0.2) is 0 Å². The number of nitrogens with zero attached hydrogens (tertiary/aromatic N) is 2. The van der Waals surface area contributed by atoms with E-state index in [2.05, 4.69) is 10.4 Å². The predicted octanol–water partition coefficient (Wildman–Crippen LogP) is 1.05. The first-order valence-electron chi connectivity index (χ1n) is 5.24. The van der Waals surface area contributed by atoms with Gasteiger partial charge in [0.2, 0.25) is 0 Å². The first-order chi connectivity index (χ1) is 7.58. The van der Waals surface area contributed by atoms with Gasteiger partial charge >= 0.3 is 5.97 Å². The van der Waals surface area contributed by atoms with Gasteiger partial charge in [-0.05, 0) is 19.8 Å². The van der Waals surface area contributed by atoms with Crippen molar-refractivity contribution in [1.82, 2.24) is 15.1 Å². The lowest BCUT2D eigenvalue weighted by Crippen LogP contribution is -2.41. The molecule has 0 saturated heterocycles. The molecule has 0 amide bonds. The Hall–Kier alpha value is -1.07. The van der Waals surface area contributed by atoms with Gasteiger partial charge in [0.25, 0.3) is 0 Å². The molecule has 0 radical (unpaired) electrons. The maximum absolute atomic E-state index is 11.0. The number of carbonyl (C=O) groups is 1. The van der Waals surface area contributed by atoms with Crippen LogP contribution in [-0.4, -0.2) is 32.9 Å². The smallest absolute Gasteiger partial charge is 0.322 e. The zero-order valence-corrected chi connectivity index (χ0v) is 9.74. The van der Waals surface area contributed by atoms with Crippen LogP contribution in [0.15, 0.2) is 6.20 Å². The third kappa shape index (κ3) is 2.54. The molecule has 0 aliphatic heterocycles. The van der Waals surface area contributed by atoms with Crippen LogP contribution in [0.3, 0.4) is 0 Å². The summed E-state index contributed by atoms with van der Waals surface area (Å²) in [5.74, 6) is -0.849. The Morgan fingerprint density at radius 3 is 2.94 bits per heavy atom. The number of hydrogen-bond acceptors (Lipinski definition) is 3. The van der Waals surface area contributed by atoms with Gasteiger partial charge in [-0.1, -0.05) is 11.6 Å². The average Bonchev–Trinajstić information content (AvgIpc) is 2.99. The van der Waals surface area contributed by atoms with Crippen LogP contribution in [0.5, 0.6) is 0 Å². The first-order valence-corrected chi connectivity index (χ1v) is 5.62. The standard InChI is InChI=1S/C10H14ClN3O2/c1-6-8(11)4-12-14(6)5-9(10(15)16)13-7-2-3-7/h4,7,9,13H,2-3,5H2,1H3,(H,15,16). The van der Waals surface area contributed by atoms with Gasteiger partial charge in [-0.2, -0.15) is 5.10 Å². The van der Waals surface area contributed by atoms with Gasteiger partial charge in [0.1, 0.15) is 6.04 Å². The average molecular weight is 244 g/mol. The molecule has 0 bridgehead atoms. The van der Waals surface area contributed by atoms with E-state index in [1.54, 1.807) is 4.68 Å². The van der Waals surface area contributed by atoms with E-state index < -0.39 is 12.0 Å². The van der Waals surface area contributed by atoms with Crippen molar-refractivity contribution in [2.24, 2.45) is 0 Å². The largest absolute Gasteiger partial charge is 0.480 e. The van der Waals surface area contributed by atoms with Crippen LogP contribution in [0.1, 0.15) is 18.5 Å². The Morgan fingerprint density at radius 2 is 2.50 bits per heavy atom. The quantitative estimate of drug-likeness (QED) is 0.811. The number of carboxylic acid groups (broad SMARTS) is 1. The van der Waals surface area contributed by atoms with Gasteiger partial charge in [0.05, 0.1) is 23.5 Å². The van der Waals surface area contributed by atoms with E-state index in [0.717, 1.165) is 18.5 Å². The predicted molar refractivity (Wildman–Crippen MR) is 59.6 cm³/mol.